The second-order valence-electron chi connectivity index (χ2n) is 10.7. The molecule has 1 aromatic heterocycles. The predicted molar refractivity (Wildman–Crippen MR) is 147 cm³/mol. The van der Waals surface area contributed by atoms with Gasteiger partial charge in [-0.3, -0.25) is 0 Å². The largest absolute Gasteiger partial charge is 0.492 e. The maximum atomic E-state index is 12.9. The van der Waals surface area contributed by atoms with E-state index in [1.165, 1.54) is 13.2 Å². The van der Waals surface area contributed by atoms with Crippen LogP contribution in [0.3, 0.4) is 0 Å². The van der Waals surface area contributed by atoms with Gasteiger partial charge in [-0.2, -0.15) is 0 Å². The molecule has 2 aliphatic rings. The molecule has 2 aromatic carbocycles. The maximum absolute atomic E-state index is 12.9. The maximum Gasteiger partial charge on any atom is 0.492 e. The zero-order valence-electron chi connectivity index (χ0n) is 22.8. The number of carbonyl (C=O) groups excluding carboxylic acids is 2. The Hall–Kier alpha value is -3.82. The molecule has 0 saturated carbocycles. The molecule has 0 spiro atoms. The molecule has 0 unspecified atom stereocenters. The minimum Gasteiger partial charge on any atom is -0.463 e. The van der Waals surface area contributed by atoms with Crippen molar-refractivity contribution in [1.29, 1.82) is 0 Å². The minimum atomic E-state index is -0.740. The lowest BCUT2D eigenvalue weighted by Crippen LogP contribution is -2.41. The van der Waals surface area contributed by atoms with Crippen LogP contribution in [-0.4, -0.2) is 50.6 Å². The molecule has 1 amide bonds. The lowest BCUT2D eigenvalue weighted by atomic mass is 9.77. The van der Waals surface area contributed by atoms with Crippen LogP contribution in [0.15, 0.2) is 70.6 Å². The number of alkyl carbamates (subject to hydrolysis) is 1. The Labute approximate surface area is 228 Å². The van der Waals surface area contributed by atoms with Crippen LogP contribution in [0.5, 0.6) is 0 Å². The first kappa shape index (κ1) is 26.8. The van der Waals surface area contributed by atoms with Crippen molar-refractivity contribution in [3.63, 3.8) is 0 Å². The first-order valence-electron chi connectivity index (χ1n) is 12.9. The molecule has 1 aliphatic carbocycles. The zero-order chi connectivity index (χ0) is 27.8. The molecule has 1 fully saturated rings. The fourth-order valence-corrected chi connectivity index (χ4v) is 4.84. The van der Waals surface area contributed by atoms with E-state index in [1.54, 1.807) is 12.1 Å². The van der Waals surface area contributed by atoms with Gasteiger partial charge in [0.25, 0.3) is 0 Å². The molecule has 0 atom stereocenters. The summed E-state index contributed by atoms with van der Waals surface area (Å²) in [4.78, 5) is 24.7. The van der Waals surface area contributed by atoms with Crippen LogP contribution >= 0.6 is 0 Å². The first-order valence-corrected chi connectivity index (χ1v) is 12.9. The second kappa shape index (κ2) is 10.4. The van der Waals surface area contributed by atoms with Gasteiger partial charge in [0.1, 0.15) is 12.4 Å². The highest BCUT2D eigenvalue weighted by molar-refractivity contribution is 6.56. The Bertz CT molecular complexity index is 1360. The Morgan fingerprint density at radius 1 is 0.923 bits per heavy atom. The molecular weight excluding hydrogens is 497 g/mol. The molecule has 5 rings (SSSR count). The fourth-order valence-electron chi connectivity index (χ4n) is 4.84. The fraction of sp³-hybridized carbons (Fsp3) is 0.333. The highest BCUT2D eigenvalue weighted by Crippen LogP contribution is 2.44. The number of ether oxygens (including phenoxy) is 2. The van der Waals surface area contributed by atoms with E-state index in [-0.39, 0.29) is 24.8 Å². The summed E-state index contributed by atoms with van der Waals surface area (Å²) in [7, 11) is 0.546. The third-order valence-electron chi connectivity index (χ3n) is 7.68. The number of fused-ring (bicyclic) bond motifs is 3. The van der Waals surface area contributed by atoms with Crippen LogP contribution < -0.4 is 5.32 Å². The topological polar surface area (TPSA) is 96.2 Å². The summed E-state index contributed by atoms with van der Waals surface area (Å²) in [6.07, 6.45) is 1.13. The van der Waals surface area contributed by atoms with Crippen molar-refractivity contribution in [3.8, 4) is 11.1 Å². The van der Waals surface area contributed by atoms with Crippen molar-refractivity contribution >= 4 is 25.3 Å². The van der Waals surface area contributed by atoms with Crippen molar-refractivity contribution in [2.45, 2.75) is 44.8 Å². The summed E-state index contributed by atoms with van der Waals surface area (Å²) in [5.74, 6) is -0.152. The van der Waals surface area contributed by atoms with Crippen molar-refractivity contribution in [2.75, 3.05) is 20.3 Å². The number of esters is 1. The molecule has 1 aliphatic heterocycles. The Morgan fingerprint density at radius 3 is 2.10 bits per heavy atom. The van der Waals surface area contributed by atoms with Gasteiger partial charge < -0.3 is 28.5 Å². The average Bonchev–Trinajstić information content (AvgIpc) is 3.57. The molecule has 39 heavy (non-hydrogen) atoms. The lowest BCUT2D eigenvalue weighted by Gasteiger charge is -2.32. The van der Waals surface area contributed by atoms with E-state index in [4.69, 9.17) is 23.2 Å². The van der Waals surface area contributed by atoms with Gasteiger partial charge in [-0.05, 0) is 73.6 Å². The van der Waals surface area contributed by atoms with E-state index in [2.05, 4.69) is 29.6 Å². The molecule has 0 radical (unpaired) electrons. The third kappa shape index (κ3) is 5.24. The number of amides is 1. The first-order chi connectivity index (χ1) is 18.6. The summed E-state index contributed by atoms with van der Waals surface area (Å²) < 4.78 is 28.4. The van der Waals surface area contributed by atoms with Crippen LogP contribution in [0.1, 0.15) is 61.1 Å². The molecular formula is C30H32BNO7. The van der Waals surface area contributed by atoms with Gasteiger partial charge in [-0.1, -0.05) is 48.5 Å². The molecule has 3 aromatic rings. The number of benzene rings is 2. The smallest absolute Gasteiger partial charge is 0.463 e. The molecule has 2 heterocycles. The van der Waals surface area contributed by atoms with Gasteiger partial charge in [0, 0.05) is 12.5 Å². The Kier molecular flexibility index (Phi) is 7.14. The molecule has 1 N–H and O–H groups in total. The molecule has 9 heteroatoms. The molecule has 202 valence electrons. The standard InChI is InChI=1S/C30H32BNO7/c1-29(2)30(3,4)39-31(38-29)19(16-20-14-15-26(37-20)27(33)35-5)17-32-28(34)36-18-25-23-12-8-6-10-21(23)22-11-7-9-13-24(22)25/h6-16,25H,17-18H2,1-5H3,(H,32,34). The van der Waals surface area contributed by atoms with E-state index >= 15 is 0 Å². The number of hydrogen-bond donors (Lipinski definition) is 1. The van der Waals surface area contributed by atoms with Crippen LogP contribution in [-0.2, 0) is 18.8 Å². The van der Waals surface area contributed by atoms with Crippen LogP contribution in [0.25, 0.3) is 17.2 Å². The molecule has 0 bridgehead atoms. The zero-order valence-corrected chi connectivity index (χ0v) is 22.8. The second-order valence-corrected chi connectivity index (χ2v) is 10.7. The Balaban J connectivity index is 1.30. The predicted octanol–water partition coefficient (Wildman–Crippen LogP) is 5.62. The van der Waals surface area contributed by atoms with Gasteiger partial charge in [-0.25, -0.2) is 9.59 Å². The van der Waals surface area contributed by atoms with Crippen molar-refractivity contribution in [2.24, 2.45) is 0 Å². The van der Waals surface area contributed by atoms with Gasteiger partial charge in [0.15, 0.2) is 0 Å². The monoisotopic (exact) mass is 529 g/mol. The van der Waals surface area contributed by atoms with E-state index in [9.17, 15) is 9.59 Å². The number of methoxy groups -OCH3 is 1. The molecule has 1 saturated heterocycles. The van der Waals surface area contributed by atoms with E-state index in [1.807, 2.05) is 52.0 Å². The summed E-state index contributed by atoms with van der Waals surface area (Å²) in [6.45, 7) is 8.09. The van der Waals surface area contributed by atoms with Crippen molar-refractivity contribution in [3.05, 3.63) is 88.8 Å². The highest BCUT2D eigenvalue weighted by atomic mass is 16.7. The van der Waals surface area contributed by atoms with Gasteiger partial charge in [-0.15, -0.1) is 0 Å². The normalized spacial score (nSPS) is 17.5. The van der Waals surface area contributed by atoms with Gasteiger partial charge in [0.2, 0.25) is 5.76 Å². The average molecular weight is 529 g/mol. The summed E-state index contributed by atoms with van der Waals surface area (Å²) in [6, 6.07) is 19.5. The number of hydrogen-bond acceptors (Lipinski definition) is 7. The minimum absolute atomic E-state index is 0.0406. The Morgan fingerprint density at radius 2 is 1.51 bits per heavy atom. The van der Waals surface area contributed by atoms with Crippen molar-refractivity contribution in [1.82, 2.24) is 5.32 Å². The number of nitrogens with one attached hydrogen (secondary N) is 1. The number of rotatable bonds is 7. The molecule has 8 nitrogen and oxygen atoms in total. The number of furan rings is 1. The third-order valence-corrected chi connectivity index (χ3v) is 7.68. The van der Waals surface area contributed by atoms with Crippen LogP contribution in [0, 0.1) is 0 Å². The SMILES string of the molecule is COC(=O)c1ccc(C=C(CNC(=O)OCC2c3ccccc3-c3ccccc32)B2OC(C)(C)C(C)(C)O2)o1. The van der Waals surface area contributed by atoms with E-state index < -0.39 is 30.4 Å². The van der Waals surface area contributed by atoms with Gasteiger partial charge in [0.05, 0.1) is 18.3 Å². The highest BCUT2D eigenvalue weighted by Gasteiger charge is 2.52. The number of carbonyl (C=O) groups is 2. The quantitative estimate of drug-likeness (QED) is 0.314. The van der Waals surface area contributed by atoms with E-state index in [0.717, 1.165) is 22.3 Å². The summed E-state index contributed by atoms with van der Waals surface area (Å²) >= 11 is 0. The van der Waals surface area contributed by atoms with Crippen LogP contribution in [0.4, 0.5) is 4.79 Å². The lowest BCUT2D eigenvalue weighted by molar-refractivity contribution is 0.00578. The summed E-state index contributed by atoms with van der Waals surface area (Å²) in [5.41, 5.74) is 4.05. The van der Waals surface area contributed by atoms with Crippen LogP contribution in [0.2, 0.25) is 0 Å². The van der Waals surface area contributed by atoms with E-state index in [0.29, 0.717) is 11.2 Å². The van der Waals surface area contributed by atoms with Gasteiger partial charge >= 0.3 is 19.2 Å². The van der Waals surface area contributed by atoms with Crippen molar-refractivity contribution < 1.29 is 32.8 Å². The summed E-state index contributed by atoms with van der Waals surface area (Å²) in [5, 5.41) is 2.82.